The van der Waals surface area contributed by atoms with Gasteiger partial charge in [0.15, 0.2) is 6.54 Å². The fourth-order valence-corrected chi connectivity index (χ4v) is 3.93. The SMILES string of the molecule is CCc1ccc([C@@H]([NH2+]CC(=O)Nc2ccc(F)cc2Cl)c2cccs2)cc1. The smallest absolute Gasteiger partial charge is 0.279 e. The second-order valence-electron chi connectivity index (χ2n) is 6.20. The van der Waals surface area contributed by atoms with Crippen molar-refractivity contribution in [2.75, 3.05) is 11.9 Å². The first-order chi connectivity index (χ1) is 13.1. The van der Waals surface area contributed by atoms with Crippen molar-refractivity contribution in [3.05, 3.63) is 86.8 Å². The number of anilines is 1. The molecule has 0 spiro atoms. The lowest BCUT2D eigenvalue weighted by Crippen LogP contribution is -2.87. The Bertz CT molecular complexity index is 897. The maximum Gasteiger partial charge on any atom is 0.279 e. The highest BCUT2D eigenvalue weighted by Gasteiger charge is 2.20. The summed E-state index contributed by atoms with van der Waals surface area (Å²) in [4.78, 5) is 13.6. The number of halogens is 2. The first-order valence-corrected chi connectivity index (χ1v) is 10.0. The Morgan fingerprint density at radius 1 is 1.22 bits per heavy atom. The second kappa shape index (κ2) is 9.13. The Morgan fingerprint density at radius 3 is 2.63 bits per heavy atom. The molecule has 0 aliphatic rings. The lowest BCUT2D eigenvalue weighted by atomic mass is 10.0. The van der Waals surface area contributed by atoms with Crippen molar-refractivity contribution < 1.29 is 14.5 Å². The lowest BCUT2D eigenvalue weighted by molar-refractivity contribution is -0.675. The van der Waals surface area contributed by atoms with Gasteiger partial charge in [0.25, 0.3) is 5.91 Å². The standard InChI is InChI=1S/C21H20ClFN2OS/c1-2-14-5-7-15(8-6-14)21(19-4-3-11-27-19)24-13-20(26)25-18-10-9-16(23)12-17(18)22/h3-12,21,24H,2,13H2,1H3,(H,25,26)/p+1/t21-/m1/s1. The largest absolute Gasteiger partial charge is 0.328 e. The number of hydrogen-bond donors (Lipinski definition) is 2. The van der Waals surface area contributed by atoms with Crippen molar-refractivity contribution in [1.82, 2.24) is 0 Å². The number of carbonyl (C=O) groups excluding carboxylic acids is 1. The van der Waals surface area contributed by atoms with Crippen LogP contribution >= 0.6 is 22.9 Å². The van der Waals surface area contributed by atoms with Gasteiger partial charge >= 0.3 is 0 Å². The molecule has 3 aromatic rings. The number of carbonyl (C=O) groups is 1. The summed E-state index contributed by atoms with van der Waals surface area (Å²) < 4.78 is 13.1. The third-order valence-electron chi connectivity index (χ3n) is 4.34. The molecule has 0 aliphatic carbocycles. The van der Waals surface area contributed by atoms with Crippen LogP contribution in [0.15, 0.2) is 60.0 Å². The molecule has 1 atom stereocenters. The predicted octanol–water partition coefficient (Wildman–Crippen LogP) is 4.39. The Balaban J connectivity index is 1.70. The molecule has 0 unspecified atom stereocenters. The van der Waals surface area contributed by atoms with Gasteiger partial charge in [-0.1, -0.05) is 48.9 Å². The summed E-state index contributed by atoms with van der Waals surface area (Å²) in [6, 6.07) is 16.6. The molecule has 0 bridgehead atoms. The summed E-state index contributed by atoms with van der Waals surface area (Å²) in [6.07, 6.45) is 0.995. The van der Waals surface area contributed by atoms with Crippen molar-refractivity contribution in [3.63, 3.8) is 0 Å². The van der Waals surface area contributed by atoms with E-state index >= 15 is 0 Å². The van der Waals surface area contributed by atoms with Crippen LogP contribution in [-0.4, -0.2) is 12.5 Å². The van der Waals surface area contributed by atoms with Crippen molar-refractivity contribution in [1.29, 1.82) is 0 Å². The van der Waals surface area contributed by atoms with E-state index in [0.29, 0.717) is 5.69 Å². The number of hydrogen-bond acceptors (Lipinski definition) is 2. The normalized spacial score (nSPS) is 12.0. The number of benzene rings is 2. The Labute approximate surface area is 167 Å². The van der Waals surface area contributed by atoms with Crippen LogP contribution in [0.1, 0.15) is 29.0 Å². The van der Waals surface area contributed by atoms with Crippen molar-refractivity contribution in [2.45, 2.75) is 19.4 Å². The van der Waals surface area contributed by atoms with Gasteiger partial charge in [0.1, 0.15) is 11.9 Å². The average Bonchev–Trinajstić information content (AvgIpc) is 3.19. The minimum atomic E-state index is -0.433. The van der Waals surface area contributed by atoms with Gasteiger partial charge in [0.2, 0.25) is 0 Å². The first kappa shape index (κ1) is 19.5. The fraction of sp³-hybridized carbons (Fsp3) is 0.190. The van der Waals surface area contributed by atoms with Crippen LogP contribution in [-0.2, 0) is 11.2 Å². The highest BCUT2D eigenvalue weighted by atomic mass is 35.5. The predicted molar refractivity (Wildman–Crippen MR) is 109 cm³/mol. The molecular formula is C21H21ClFN2OS+. The van der Waals surface area contributed by atoms with E-state index in [-0.39, 0.29) is 23.5 Å². The van der Waals surface area contributed by atoms with Gasteiger partial charge in [-0.2, -0.15) is 0 Å². The molecule has 1 amide bonds. The first-order valence-electron chi connectivity index (χ1n) is 8.77. The van der Waals surface area contributed by atoms with Gasteiger partial charge < -0.3 is 10.6 Å². The summed E-state index contributed by atoms with van der Waals surface area (Å²) in [5.74, 6) is -0.618. The fourth-order valence-electron chi connectivity index (χ4n) is 2.86. The number of quaternary nitrogens is 1. The summed E-state index contributed by atoms with van der Waals surface area (Å²) in [5, 5.41) is 6.97. The second-order valence-corrected chi connectivity index (χ2v) is 7.59. The molecule has 3 nitrogen and oxygen atoms in total. The third kappa shape index (κ3) is 5.16. The zero-order chi connectivity index (χ0) is 19.2. The zero-order valence-electron chi connectivity index (χ0n) is 14.9. The number of rotatable bonds is 7. The lowest BCUT2D eigenvalue weighted by Gasteiger charge is -2.15. The Hall–Kier alpha value is -2.21. The van der Waals surface area contributed by atoms with Gasteiger partial charge in [0, 0.05) is 5.56 Å². The number of thiophene rings is 1. The van der Waals surface area contributed by atoms with E-state index in [2.05, 4.69) is 42.6 Å². The Kier molecular flexibility index (Phi) is 6.61. The zero-order valence-corrected chi connectivity index (χ0v) is 16.5. The molecule has 140 valence electrons. The van der Waals surface area contributed by atoms with Crippen molar-refractivity contribution in [3.8, 4) is 0 Å². The molecule has 0 radical (unpaired) electrons. The molecule has 2 aromatic carbocycles. The molecule has 1 aromatic heterocycles. The number of amides is 1. The van der Waals surface area contributed by atoms with E-state index in [1.165, 1.54) is 28.6 Å². The van der Waals surface area contributed by atoms with Crippen LogP contribution in [0.2, 0.25) is 5.02 Å². The van der Waals surface area contributed by atoms with E-state index in [1.54, 1.807) is 11.3 Å². The van der Waals surface area contributed by atoms with Crippen LogP contribution in [0.4, 0.5) is 10.1 Å². The van der Waals surface area contributed by atoms with Crippen LogP contribution < -0.4 is 10.6 Å². The molecule has 1 heterocycles. The van der Waals surface area contributed by atoms with E-state index < -0.39 is 5.82 Å². The van der Waals surface area contributed by atoms with Gasteiger partial charge in [-0.05, 0) is 41.6 Å². The highest BCUT2D eigenvalue weighted by Crippen LogP contribution is 2.24. The quantitative estimate of drug-likeness (QED) is 0.603. The summed E-state index contributed by atoms with van der Waals surface area (Å²) in [5.41, 5.74) is 2.85. The minimum absolute atomic E-state index is 0.0466. The average molecular weight is 404 g/mol. The maximum absolute atomic E-state index is 13.1. The number of nitrogens with two attached hydrogens (primary N) is 1. The highest BCUT2D eigenvalue weighted by molar-refractivity contribution is 7.10. The molecule has 0 saturated heterocycles. The Morgan fingerprint density at radius 2 is 2.00 bits per heavy atom. The van der Waals surface area contributed by atoms with Crippen LogP contribution in [0, 0.1) is 5.82 Å². The van der Waals surface area contributed by atoms with E-state index in [0.717, 1.165) is 12.0 Å². The molecule has 6 heteroatoms. The third-order valence-corrected chi connectivity index (χ3v) is 5.61. The summed E-state index contributed by atoms with van der Waals surface area (Å²) in [6.45, 7) is 2.36. The van der Waals surface area contributed by atoms with Crippen molar-refractivity contribution in [2.24, 2.45) is 0 Å². The molecular weight excluding hydrogens is 383 g/mol. The summed E-state index contributed by atoms with van der Waals surface area (Å²) in [7, 11) is 0. The van der Waals surface area contributed by atoms with Gasteiger partial charge in [0.05, 0.1) is 15.6 Å². The van der Waals surface area contributed by atoms with Crippen LogP contribution in [0.25, 0.3) is 0 Å². The minimum Gasteiger partial charge on any atom is -0.328 e. The summed E-state index contributed by atoms with van der Waals surface area (Å²) >= 11 is 7.65. The molecule has 0 aliphatic heterocycles. The van der Waals surface area contributed by atoms with Crippen LogP contribution in [0.5, 0.6) is 0 Å². The number of aryl methyl sites for hydroxylation is 1. The van der Waals surface area contributed by atoms with Gasteiger partial charge in [-0.3, -0.25) is 4.79 Å². The van der Waals surface area contributed by atoms with Gasteiger partial charge in [-0.15, -0.1) is 11.3 Å². The molecule has 27 heavy (non-hydrogen) atoms. The molecule has 3 N–H and O–H groups in total. The monoisotopic (exact) mass is 403 g/mol. The topological polar surface area (TPSA) is 45.7 Å². The van der Waals surface area contributed by atoms with Gasteiger partial charge in [-0.25, -0.2) is 4.39 Å². The van der Waals surface area contributed by atoms with E-state index in [1.807, 2.05) is 16.8 Å². The van der Waals surface area contributed by atoms with Crippen LogP contribution in [0.3, 0.4) is 0 Å². The number of nitrogens with one attached hydrogen (secondary N) is 1. The van der Waals surface area contributed by atoms with Crippen molar-refractivity contribution >= 4 is 34.5 Å². The van der Waals surface area contributed by atoms with E-state index in [9.17, 15) is 9.18 Å². The van der Waals surface area contributed by atoms with E-state index in [4.69, 9.17) is 11.6 Å². The molecule has 0 saturated carbocycles. The maximum atomic E-state index is 13.1. The molecule has 3 rings (SSSR count). The molecule has 0 fully saturated rings.